The van der Waals surface area contributed by atoms with Crippen LogP contribution in [-0.2, 0) is 9.05 Å². The lowest BCUT2D eigenvalue weighted by molar-refractivity contribution is 0.0916. The molecule has 1 aromatic heterocycles. The molecule has 0 aliphatic heterocycles. The highest BCUT2D eigenvalue weighted by Gasteiger charge is 2.23. The van der Waals surface area contributed by atoms with E-state index in [1.807, 2.05) is 13.8 Å². The molecule has 7 heteroatoms. The van der Waals surface area contributed by atoms with Gasteiger partial charge in [0.25, 0.3) is 15.0 Å². The van der Waals surface area contributed by atoms with Crippen molar-refractivity contribution in [1.82, 2.24) is 9.88 Å². The zero-order valence-electron chi connectivity index (χ0n) is 12.3. The van der Waals surface area contributed by atoms with Gasteiger partial charge in [0, 0.05) is 29.0 Å². The molecule has 1 aromatic rings. The van der Waals surface area contributed by atoms with Gasteiger partial charge < -0.3 is 9.88 Å². The van der Waals surface area contributed by atoms with E-state index in [4.69, 9.17) is 10.7 Å². The van der Waals surface area contributed by atoms with Crippen molar-refractivity contribution < 1.29 is 13.2 Å². The number of carbonyl (C=O) groups is 1. The van der Waals surface area contributed by atoms with Gasteiger partial charge in [0.15, 0.2) is 0 Å². The first-order chi connectivity index (χ1) is 9.79. The number of rotatable bonds is 4. The average molecular weight is 333 g/mol. The highest BCUT2D eigenvalue weighted by atomic mass is 35.7. The molecule has 0 bridgehead atoms. The van der Waals surface area contributed by atoms with Crippen LogP contribution in [0.1, 0.15) is 62.5 Å². The van der Waals surface area contributed by atoms with E-state index in [9.17, 15) is 13.2 Å². The molecule has 0 aromatic carbocycles. The third-order valence-electron chi connectivity index (χ3n) is 3.83. The minimum absolute atomic E-state index is 0.0238. The number of halogens is 1. The van der Waals surface area contributed by atoms with Crippen molar-refractivity contribution in [3.8, 4) is 0 Å². The maximum absolute atomic E-state index is 12.4. The van der Waals surface area contributed by atoms with Crippen LogP contribution in [0.15, 0.2) is 17.2 Å². The molecule has 1 amide bonds. The molecule has 118 valence electrons. The summed E-state index contributed by atoms with van der Waals surface area (Å²) >= 11 is 0. The number of amides is 1. The maximum Gasteiger partial charge on any atom is 0.268 e. The molecule has 5 nitrogen and oxygen atoms in total. The minimum atomic E-state index is -3.83. The maximum atomic E-state index is 12.4. The summed E-state index contributed by atoms with van der Waals surface area (Å²) in [5, 5.41) is 3.00. The van der Waals surface area contributed by atoms with Crippen LogP contribution in [-0.4, -0.2) is 24.9 Å². The summed E-state index contributed by atoms with van der Waals surface area (Å²) in [6.45, 7) is 3.78. The minimum Gasteiger partial charge on any atom is -0.348 e. The quantitative estimate of drug-likeness (QED) is 0.861. The van der Waals surface area contributed by atoms with Gasteiger partial charge in [-0.1, -0.05) is 19.3 Å². The second-order valence-electron chi connectivity index (χ2n) is 5.81. The molecule has 0 saturated heterocycles. The van der Waals surface area contributed by atoms with Crippen molar-refractivity contribution in [3.05, 3.63) is 18.0 Å². The Labute approximate surface area is 130 Å². The van der Waals surface area contributed by atoms with Crippen molar-refractivity contribution in [2.75, 3.05) is 0 Å². The summed E-state index contributed by atoms with van der Waals surface area (Å²) in [5.74, 6) is -0.234. The van der Waals surface area contributed by atoms with E-state index < -0.39 is 9.05 Å². The molecule has 0 atom stereocenters. The van der Waals surface area contributed by atoms with Crippen LogP contribution in [0.5, 0.6) is 0 Å². The van der Waals surface area contributed by atoms with Gasteiger partial charge in [-0.25, -0.2) is 8.42 Å². The monoisotopic (exact) mass is 332 g/mol. The number of carbonyl (C=O) groups excluding carboxylic acids is 1. The van der Waals surface area contributed by atoms with Crippen molar-refractivity contribution in [2.24, 2.45) is 0 Å². The summed E-state index contributed by atoms with van der Waals surface area (Å²) in [6.07, 6.45) is 6.84. The van der Waals surface area contributed by atoms with Crippen molar-refractivity contribution in [1.29, 1.82) is 0 Å². The number of hydrogen-bond acceptors (Lipinski definition) is 3. The van der Waals surface area contributed by atoms with Crippen LogP contribution < -0.4 is 5.32 Å². The lowest BCUT2D eigenvalue weighted by Gasteiger charge is -2.23. The molecule has 0 spiro atoms. The zero-order chi connectivity index (χ0) is 15.6. The molecule has 1 fully saturated rings. The lowest BCUT2D eigenvalue weighted by Crippen LogP contribution is -2.37. The van der Waals surface area contributed by atoms with Crippen molar-refractivity contribution in [2.45, 2.75) is 62.9 Å². The van der Waals surface area contributed by atoms with Crippen LogP contribution in [0.25, 0.3) is 0 Å². The standard InChI is InChI=1S/C14H21ClN2O3S/c1-10(2)17-9-12(21(15,19)20)8-13(17)14(18)16-11-6-4-3-5-7-11/h8-11H,3-7H2,1-2H3,(H,16,18). The normalized spacial score (nSPS) is 17.1. The van der Waals surface area contributed by atoms with E-state index in [1.54, 1.807) is 4.57 Å². The molecule has 1 saturated carbocycles. The molecule has 1 aliphatic rings. The van der Waals surface area contributed by atoms with Crippen LogP contribution in [0.4, 0.5) is 0 Å². The van der Waals surface area contributed by atoms with E-state index in [-0.39, 0.29) is 22.9 Å². The topological polar surface area (TPSA) is 68.2 Å². The molecular weight excluding hydrogens is 312 g/mol. The van der Waals surface area contributed by atoms with Crippen LogP contribution in [0.3, 0.4) is 0 Å². The molecule has 0 unspecified atom stereocenters. The van der Waals surface area contributed by atoms with Gasteiger partial charge in [0.1, 0.15) is 10.6 Å². The first-order valence-electron chi connectivity index (χ1n) is 7.26. The Bertz CT molecular complexity index is 616. The first-order valence-corrected chi connectivity index (χ1v) is 9.57. The first kappa shape index (κ1) is 16.4. The molecule has 2 rings (SSSR count). The Kier molecular flexibility index (Phi) is 4.99. The SMILES string of the molecule is CC(C)n1cc(S(=O)(=O)Cl)cc1C(=O)NC1CCCCC1. The highest BCUT2D eigenvalue weighted by molar-refractivity contribution is 8.13. The molecule has 1 N–H and O–H groups in total. The average Bonchev–Trinajstić information content (AvgIpc) is 2.85. The van der Waals surface area contributed by atoms with Gasteiger partial charge in [-0.05, 0) is 32.8 Å². The fourth-order valence-electron chi connectivity index (χ4n) is 2.70. The third-order valence-corrected chi connectivity index (χ3v) is 5.16. The largest absolute Gasteiger partial charge is 0.348 e. The van der Waals surface area contributed by atoms with Gasteiger partial charge in [-0.3, -0.25) is 4.79 Å². The summed E-state index contributed by atoms with van der Waals surface area (Å²) in [6, 6.07) is 1.50. The van der Waals surface area contributed by atoms with Crippen molar-refractivity contribution >= 4 is 25.6 Å². The Morgan fingerprint density at radius 1 is 1.33 bits per heavy atom. The number of hydrogen-bond donors (Lipinski definition) is 1. The zero-order valence-corrected chi connectivity index (χ0v) is 13.9. The van der Waals surface area contributed by atoms with Gasteiger partial charge in [-0.2, -0.15) is 0 Å². The highest BCUT2D eigenvalue weighted by Crippen LogP contribution is 2.23. The Morgan fingerprint density at radius 2 is 1.95 bits per heavy atom. The van der Waals surface area contributed by atoms with E-state index >= 15 is 0 Å². The fraction of sp³-hybridized carbons (Fsp3) is 0.643. The third kappa shape index (κ3) is 4.01. The number of nitrogens with zero attached hydrogens (tertiary/aromatic N) is 1. The van der Waals surface area contributed by atoms with Crippen LogP contribution in [0, 0.1) is 0 Å². The predicted octanol–water partition coefficient (Wildman–Crippen LogP) is 3.06. The lowest BCUT2D eigenvalue weighted by atomic mass is 9.95. The Hall–Kier alpha value is -1.01. The number of aromatic nitrogens is 1. The van der Waals surface area contributed by atoms with Gasteiger partial charge >= 0.3 is 0 Å². The molecule has 21 heavy (non-hydrogen) atoms. The summed E-state index contributed by atoms with van der Waals surface area (Å²) in [4.78, 5) is 12.4. The summed E-state index contributed by atoms with van der Waals surface area (Å²) in [5.41, 5.74) is 0.342. The summed E-state index contributed by atoms with van der Waals surface area (Å²) in [7, 11) is 1.54. The van der Waals surface area contributed by atoms with Crippen molar-refractivity contribution in [3.63, 3.8) is 0 Å². The predicted molar refractivity (Wildman–Crippen MR) is 82.2 cm³/mol. The van der Waals surface area contributed by atoms with Gasteiger partial charge in [0.2, 0.25) is 0 Å². The Balaban J connectivity index is 2.24. The molecule has 1 aliphatic carbocycles. The van der Waals surface area contributed by atoms with E-state index in [0.717, 1.165) is 25.7 Å². The second-order valence-corrected chi connectivity index (χ2v) is 8.37. The Morgan fingerprint density at radius 3 is 2.48 bits per heavy atom. The molecule has 0 radical (unpaired) electrons. The van der Waals surface area contributed by atoms with Gasteiger partial charge in [0.05, 0.1) is 0 Å². The molecule has 1 heterocycles. The second kappa shape index (κ2) is 6.40. The fourth-order valence-corrected chi connectivity index (χ4v) is 3.45. The molecular formula is C14H21ClN2O3S. The van der Waals surface area contributed by atoms with E-state index in [2.05, 4.69) is 5.32 Å². The van der Waals surface area contributed by atoms with E-state index in [1.165, 1.54) is 18.7 Å². The smallest absolute Gasteiger partial charge is 0.268 e. The van der Waals surface area contributed by atoms with E-state index in [0.29, 0.717) is 5.69 Å². The van der Waals surface area contributed by atoms with Crippen LogP contribution in [0.2, 0.25) is 0 Å². The summed E-state index contributed by atoms with van der Waals surface area (Å²) < 4.78 is 24.6. The van der Waals surface area contributed by atoms with Gasteiger partial charge in [-0.15, -0.1) is 0 Å². The van der Waals surface area contributed by atoms with Crippen LogP contribution >= 0.6 is 10.7 Å². The number of nitrogens with one attached hydrogen (secondary N) is 1.